The quantitative estimate of drug-likeness (QED) is 0.835. The number of nitrogens with one attached hydrogen (secondary N) is 1. The number of halogens is 2. The van der Waals surface area contributed by atoms with Crippen molar-refractivity contribution in [3.63, 3.8) is 0 Å². The van der Waals surface area contributed by atoms with Crippen LogP contribution in [0.2, 0.25) is 0 Å². The second kappa shape index (κ2) is 5.64. The molecule has 2 N–H and O–H groups in total. The lowest BCUT2D eigenvalue weighted by Gasteiger charge is -2.24. The highest BCUT2D eigenvalue weighted by Crippen LogP contribution is 2.48. The van der Waals surface area contributed by atoms with Gasteiger partial charge in [-0.2, -0.15) is 0 Å². The van der Waals surface area contributed by atoms with Gasteiger partial charge in [-0.3, -0.25) is 9.59 Å². The third-order valence-electron chi connectivity index (χ3n) is 4.55. The van der Waals surface area contributed by atoms with E-state index in [0.717, 1.165) is 12.1 Å². The van der Waals surface area contributed by atoms with Crippen LogP contribution in [0.1, 0.15) is 6.42 Å². The van der Waals surface area contributed by atoms with Crippen molar-refractivity contribution in [1.29, 1.82) is 0 Å². The fourth-order valence-electron chi connectivity index (χ4n) is 3.51. The Hall–Kier alpha value is -2.44. The molecule has 1 aromatic rings. The number of amides is 1. The van der Waals surface area contributed by atoms with E-state index < -0.39 is 35.3 Å². The van der Waals surface area contributed by atoms with E-state index in [2.05, 4.69) is 10.1 Å². The summed E-state index contributed by atoms with van der Waals surface area (Å²) in [6, 6.07) is 1.66. The number of carboxylic acids is 1. The number of carbonyl (C=O) groups excluding carboxylic acids is 1. The summed E-state index contributed by atoms with van der Waals surface area (Å²) in [7, 11) is 1.20. The molecule has 0 radical (unpaired) electrons. The second-order valence-corrected chi connectivity index (χ2v) is 5.79. The molecule has 4 atom stereocenters. The fraction of sp³-hybridized carbons (Fsp3) is 0.375. The zero-order valence-electron chi connectivity index (χ0n) is 12.3. The molecule has 0 spiro atoms. The molecule has 0 aliphatic heterocycles. The number of hydrogen-bond donors (Lipinski definition) is 2. The standard InChI is InChI=1S/C16H15F2NO4/c1-23-12-6-9(17)11(5-10(12)18)19-15(20)13-7-2-3-8(4-7)14(13)16(21)22/h2-3,5-8,13-14H,4H2,1H3,(H,19,20)(H,21,22). The summed E-state index contributed by atoms with van der Waals surface area (Å²) < 4.78 is 32.2. The molecule has 2 bridgehead atoms. The molecule has 122 valence electrons. The average Bonchev–Trinajstić information content (AvgIpc) is 3.11. The maximum absolute atomic E-state index is 13.9. The minimum atomic E-state index is -1.05. The minimum absolute atomic E-state index is 0.188. The van der Waals surface area contributed by atoms with Crippen molar-refractivity contribution < 1.29 is 28.2 Å². The summed E-state index contributed by atoms with van der Waals surface area (Å²) in [6.45, 7) is 0. The van der Waals surface area contributed by atoms with Crippen molar-refractivity contribution in [2.75, 3.05) is 12.4 Å². The maximum atomic E-state index is 13.9. The lowest BCUT2D eigenvalue weighted by Crippen LogP contribution is -2.36. The Morgan fingerprint density at radius 3 is 2.43 bits per heavy atom. The lowest BCUT2D eigenvalue weighted by atomic mass is 9.82. The zero-order chi connectivity index (χ0) is 16.7. The Bertz CT molecular complexity index is 704. The number of carbonyl (C=O) groups is 2. The van der Waals surface area contributed by atoms with E-state index >= 15 is 0 Å². The summed E-state index contributed by atoms with van der Waals surface area (Å²) >= 11 is 0. The zero-order valence-corrected chi connectivity index (χ0v) is 12.3. The molecule has 3 rings (SSSR count). The van der Waals surface area contributed by atoms with Crippen LogP contribution < -0.4 is 10.1 Å². The number of rotatable bonds is 4. The van der Waals surface area contributed by atoms with Crippen molar-refractivity contribution in [3.05, 3.63) is 35.9 Å². The predicted octanol–water partition coefficient (Wildman–Crippen LogP) is 2.43. The van der Waals surface area contributed by atoms with Gasteiger partial charge in [0.25, 0.3) is 0 Å². The summed E-state index contributed by atoms with van der Waals surface area (Å²) in [6.07, 6.45) is 4.22. The normalized spacial score (nSPS) is 28.0. The fourth-order valence-corrected chi connectivity index (χ4v) is 3.51. The van der Waals surface area contributed by atoms with Crippen LogP contribution in [-0.4, -0.2) is 24.1 Å². The molecule has 7 heteroatoms. The van der Waals surface area contributed by atoms with Crippen molar-refractivity contribution in [2.24, 2.45) is 23.7 Å². The van der Waals surface area contributed by atoms with Gasteiger partial charge in [-0.05, 0) is 18.3 Å². The predicted molar refractivity (Wildman–Crippen MR) is 76.9 cm³/mol. The Morgan fingerprint density at radius 1 is 1.17 bits per heavy atom. The molecule has 5 nitrogen and oxygen atoms in total. The molecule has 1 aromatic carbocycles. The highest BCUT2D eigenvalue weighted by Gasteiger charge is 2.51. The Kier molecular flexibility index (Phi) is 3.79. The van der Waals surface area contributed by atoms with E-state index in [1.54, 1.807) is 6.08 Å². The molecule has 2 aliphatic rings. The topological polar surface area (TPSA) is 75.6 Å². The van der Waals surface area contributed by atoms with Crippen LogP contribution in [0.25, 0.3) is 0 Å². The van der Waals surface area contributed by atoms with Gasteiger partial charge in [0.1, 0.15) is 0 Å². The Labute approximate surface area is 130 Å². The summed E-state index contributed by atoms with van der Waals surface area (Å²) in [5.74, 6) is -5.59. The highest BCUT2D eigenvalue weighted by molar-refractivity contribution is 5.96. The lowest BCUT2D eigenvalue weighted by molar-refractivity contribution is -0.146. The van der Waals surface area contributed by atoms with Gasteiger partial charge in [-0.25, -0.2) is 8.78 Å². The summed E-state index contributed by atoms with van der Waals surface area (Å²) in [5.41, 5.74) is -0.329. The molecule has 1 saturated carbocycles. The van der Waals surface area contributed by atoms with Crippen LogP contribution in [0.15, 0.2) is 24.3 Å². The summed E-state index contributed by atoms with van der Waals surface area (Å²) in [4.78, 5) is 23.8. The van der Waals surface area contributed by atoms with Gasteiger partial charge in [0.15, 0.2) is 17.4 Å². The van der Waals surface area contributed by atoms with Crippen molar-refractivity contribution in [2.45, 2.75) is 6.42 Å². The van der Waals surface area contributed by atoms with Crippen LogP contribution in [0, 0.1) is 35.3 Å². The first kappa shape index (κ1) is 15.5. The molecule has 0 heterocycles. The number of methoxy groups -OCH3 is 1. The molecule has 0 aromatic heterocycles. The van der Waals surface area contributed by atoms with Gasteiger partial charge < -0.3 is 15.2 Å². The molecule has 23 heavy (non-hydrogen) atoms. The Morgan fingerprint density at radius 2 is 1.83 bits per heavy atom. The summed E-state index contributed by atoms with van der Waals surface area (Å²) in [5, 5.41) is 11.6. The maximum Gasteiger partial charge on any atom is 0.307 e. The van der Waals surface area contributed by atoms with Crippen LogP contribution in [-0.2, 0) is 9.59 Å². The number of benzene rings is 1. The van der Waals surface area contributed by atoms with E-state index in [9.17, 15) is 23.5 Å². The molecular formula is C16H15F2NO4. The van der Waals surface area contributed by atoms with Gasteiger partial charge in [0.05, 0.1) is 24.6 Å². The minimum Gasteiger partial charge on any atom is -0.494 e. The number of hydrogen-bond acceptors (Lipinski definition) is 3. The number of aliphatic carboxylic acids is 1. The number of fused-ring (bicyclic) bond motifs is 2. The molecule has 1 amide bonds. The average molecular weight is 323 g/mol. The van der Waals surface area contributed by atoms with E-state index in [1.165, 1.54) is 7.11 Å². The third kappa shape index (κ3) is 2.56. The van der Waals surface area contributed by atoms with Gasteiger partial charge >= 0.3 is 5.97 Å². The van der Waals surface area contributed by atoms with E-state index in [1.807, 2.05) is 6.08 Å². The number of allylic oxidation sites excluding steroid dienone is 2. The van der Waals surface area contributed by atoms with Crippen molar-refractivity contribution in [1.82, 2.24) is 0 Å². The molecule has 0 saturated heterocycles. The molecule has 2 aliphatic carbocycles. The molecule has 1 fully saturated rings. The largest absolute Gasteiger partial charge is 0.494 e. The van der Waals surface area contributed by atoms with E-state index in [4.69, 9.17) is 0 Å². The molecule has 4 unspecified atom stereocenters. The first-order valence-corrected chi connectivity index (χ1v) is 7.17. The molecular weight excluding hydrogens is 308 g/mol. The van der Waals surface area contributed by atoms with Crippen molar-refractivity contribution in [3.8, 4) is 5.75 Å². The second-order valence-electron chi connectivity index (χ2n) is 5.79. The highest BCUT2D eigenvalue weighted by atomic mass is 19.1. The van der Waals surface area contributed by atoms with E-state index in [-0.39, 0.29) is 23.3 Å². The smallest absolute Gasteiger partial charge is 0.307 e. The first-order valence-electron chi connectivity index (χ1n) is 7.17. The number of carboxylic acid groups (broad SMARTS) is 1. The Balaban J connectivity index is 1.83. The first-order chi connectivity index (χ1) is 10.9. The van der Waals surface area contributed by atoms with E-state index in [0.29, 0.717) is 6.42 Å². The van der Waals surface area contributed by atoms with Gasteiger partial charge in [-0.1, -0.05) is 12.2 Å². The van der Waals surface area contributed by atoms with Crippen molar-refractivity contribution >= 4 is 17.6 Å². The van der Waals surface area contributed by atoms with Crippen LogP contribution in [0.3, 0.4) is 0 Å². The number of anilines is 1. The van der Waals surface area contributed by atoms with Gasteiger partial charge in [-0.15, -0.1) is 0 Å². The van der Waals surface area contributed by atoms with Crippen LogP contribution in [0.4, 0.5) is 14.5 Å². The third-order valence-corrected chi connectivity index (χ3v) is 4.55. The van der Waals surface area contributed by atoms with Crippen LogP contribution >= 0.6 is 0 Å². The number of ether oxygens (including phenoxy) is 1. The van der Waals surface area contributed by atoms with Gasteiger partial charge in [0.2, 0.25) is 5.91 Å². The van der Waals surface area contributed by atoms with Gasteiger partial charge in [0, 0.05) is 12.1 Å². The SMILES string of the molecule is COc1cc(F)c(NC(=O)C2C3C=CC(C3)C2C(=O)O)cc1F. The van der Waals surface area contributed by atoms with Crippen LogP contribution in [0.5, 0.6) is 5.75 Å². The monoisotopic (exact) mass is 323 g/mol.